The third-order valence-electron chi connectivity index (χ3n) is 4.46. The molecule has 29 heavy (non-hydrogen) atoms. The van der Waals surface area contributed by atoms with Crippen molar-refractivity contribution in [2.45, 2.75) is 20.0 Å². The first-order valence-electron chi connectivity index (χ1n) is 9.31. The van der Waals surface area contributed by atoms with Gasteiger partial charge in [0.2, 0.25) is 0 Å². The Hall–Kier alpha value is -3.06. The number of rotatable bonds is 7. The van der Waals surface area contributed by atoms with Crippen LogP contribution >= 0.6 is 11.3 Å². The summed E-state index contributed by atoms with van der Waals surface area (Å²) in [4.78, 5) is 10.2. The largest absolute Gasteiger partial charge is 0.493 e. The highest BCUT2D eigenvalue weighted by Crippen LogP contribution is 2.28. The molecule has 152 valence electrons. The second-order valence-electron chi connectivity index (χ2n) is 6.36. The van der Waals surface area contributed by atoms with Crippen LogP contribution in [0.1, 0.15) is 16.1 Å². The first-order valence-corrected chi connectivity index (χ1v) is 10.1. The van der Waals surface area contributed by atoms with Crippen LogP contribution in [0.25, 0.3) is 10.6 Å². The fourth-order valence-corrected chi connectivity index (χ4v) is 3.86. The molecule has 0 aliphatic carbocycles. The number of thiazole rings is 1. The third kappa shape index (κ3) is 5.26. The molecule has 1 heterocycles. The van der Waals surface area contributed by atoms with Crippen molar-refractivity contribution in [2.75, 3.05) is 21.3 Å². The topological polar surface area (TPSA) is 67.8 Å². The Morgan fingerprint density at radius 2 is 1.72 bits per heavy atom. The minimum atomic E-state index is 0.622. The van der Waals surface area contributed by atoms with Crippen molar-refractivity contribution in [1.82, 2.24) is 15.6 Å². The highest BCUT2D eigenvalue weighted by atomic mass is 32.1. The second-order valence-corrected chi connectivity index (χ2v) is 7.45. The van der Waals surface area contributed by atoms with Crippen molar-refractivity contribution in [1.29, 1.82) is 0 Å². The van der Waals surface area contributed by atoms with Crippen LogP contribution in [0.4, 0.5) is 0 Å². The van der Waals surface area contributed by atoms with Gasteiger partial charge in [0, 0.05) is 24.0 Å². The molecule has 2 N–H and O–H groups in total. The fourth-order valence-electron chi connectivity index (χ4n) is 2.86. The average molecular weight is 411 g/mol. The highest BCUT2D eigenvalue weighted by molar-refractivity contribution is 7.15. The molecule has 6 nitrogen and oxygen atoms in total. The van der Waals surface area contributed by atoms with E-state index in [1.807, 2.05) is 43.3 Å². The monoisotopic (exact) mass is 410 g/mol. The van der Waals surface area contributed by atoms with Crippen LogP contribution in [0.2, 0.25) is 0 Å². The van der Waals surface area contributed by atoms with Crippen LogP contribution in [-0.4, -0.2) is 32.2 Å². The smallest absolute Gasteiger partial charge is 0.191 e. The maximum atomic E-state index is 5.36. The zero-order valence-corrected chi connectivity index (χ0v) is 18.0. The van der Waals surface area contributed by atoms with E-state index in [0.29, 0.717) is 24.6 Å². The number of methoxy groups -OCH3 is 2. The van der Waals surface area contributed by atoms with E-state index in [9.17, 15) is 0 Å². The standard InChI is InChI=1S/C22H26N4O2S/c1-15-20(29-21(26-15)17-8-6-5-7-9-17)14-25-22(23-2)24-13-16-10-11-18(27-3)19(12-16)28-4/h5-12H,13-14H2,1-4H3,(H2,23,24,25). The number of ether oxygens (including phenoxy) is 2. The molecule has 0 amide bonds. The van der Waals surface area contributed by atoms with Gasteiger partial charge in [-0.05, 0) is 24.6 Å². The quantitative estimate of drug-likeness (QED) is 0.455. The van der Waals surface area contributed by atoms with Crippen LogP contribution < -0.4 is 20.1 Å². The SMILES string of the molecule is CN=C(NCc1ccc(OC)c(OC)c1)NCc1sc(-c2ccccc2)nc1C. The van der Waals surface area contributed by atoms with E-state index in [4.69, 9.17) is 14.5 Å². The number of guanidine groups is 1. The van der Waals surface area contributed by atoms with E-state index in [-0.39, 0.29) is 0 Å². The Morgan fingerprint density at radius 1 is 1.00 bits per heavy atom. The molecule has 0 aliphatic rings. The lowest BCUT2D eigenvalue weighted by molar-refractivity contribution is 0.354. The van der Waals surface area contributed by atoms with Crippen LogP contribution in [0.15, 0.2) is 53.5 Å². The summed E-state index contributed by atoms with van der Waals surface area (Å²) in [5, 5.41) is 7.73. The first-order chi connectivity index (χ1) is 14.1. The van der Waals surface area contributed by atoms with Gasteiger partial charge in [-0.2, -0.15) is 0 Å². The highest BCUT2D eigenvalue weighted by Gasteiger charge is 2.10. The summed E-state index contributed by atoms with van der Waals surface area (Å²) in [6.45, 7) is 3.33. The normalized spacial score (nSPS) is 11.2. The van der Waals surface area contributed by atoms with Crippen molar-refractivity contribution >= 4 is 17.3 Å². The second kappa shape index (κ2) is 9.93. The number of nitrogens with zero attached hydrogens (tertiary/aromatic N) is 2. The van der Waals surface area contributed by atoms with Gasteiger partial charge < -0.3 is 20.1 Å². The van der Waals surface area contributed by atoms with E-state index in [0.717, 1.165) is 27.8 Å². The van der Waals surface area contributed by atoms with Gasteiger partial charge in [-0.3, -0.25) is 4.99 Å². The lowest BCUT2D eigenvalue weighted by Crippen LogP contribution is -2.36. The van der Waals surface area contributed by atoms with Gasteiger partial charge in [0.05, 0.1) is 26.5 Å². The maximum absolute atomic E-state index is 5.36. The molecule has 0 bridgehead atoms. The average Bonchev–Trinajstić information content (AvgIpc) is 3.14. The van der Waals surface area contributed by atoms with Gasteiger partial charge in [0.1, 0.15) is 5.01 Å². The van der Waals surface area contributed by atoms with Crippen molar-refractivity contribution in [3.8, 4) is 22.1 Å². The molecule has 0 aliphatic heterocycles. The summed E-state index contributed by atoms with van der Waals surface area (Å²) < 4.78 is 10.6. The van der Waals surface area contributed by atoms with Gasteiger partial charge in [-0.25, -0.2) is 4.98 Å². The van der Waals surface area contributed by atoms with E-state index < -0.39 is 0 Å². The summed E-state index contributed by atoms with van der Waals surface area (Å²) in [5.41, 5.74) is 3.26. The summed E-state index contributed by atoms with van der Waals surface area (Å²) in [5.74, 6) is 2.16. The molecular formula is C22H26N4O2S. The molecule has 2 aromatic carbocycles. The fraction of sp³-hybridized carbons (Fsp3) is 0.273. The van der Waals surface area contributed by atoms with E-state index in [2.05, 4.69) is 27.8 Å². The Balaban J connectivity index is 1.59. The van der Waals surface area contributed by atoms with E-state index in [1.165, 1.54) is 4.88 Å². The first kappa shape index (κ1) is 20.7. The number of aryl methyl sites for hydroxylation is 1. The van der Waals surface area contributed by atoms with Crippen molar-refractivity contribution in [3.63, 3.8) is 0 Å². The van der Waals surface area contributed by atoms with Crippen LogP contribution in [0.5, 0.6) is 11.5 Å². The third-order valence-corrected chi connectivity index (χ3v) is 5.67. The summed E-state index contributed by atoms with van der Waals surface area (Å²) in [7, 11) is 5.03. The molecule has 3 aromatic rings. The number of hydrogen-bond acceptors (Lipinski definition) is 5. The molecule has 0 fully saturated rings. The predicted octanol–water partition coefficient (Wildman–Crippen LogP) is 4.00. The zero-order valence-electron chi connectivity index (χ0n) is 17.2. The minimum Gasteiger partial charge on any atom is -0.493 e. The van der Waals surface area contributed by atoms with E-state index in [1.54, 1.807) is 32.6 Å². The number of aliphatic imine (C=N–C) groups is 1. The summed E-state index contributed by atoms with van der Waals surface area (Å²) in [6.07, 6.45) is 0. The molecule has 0 radical (unpaired) electrons. The Bertz CT molecular complexity index is 970. The lowest BCUT2D eigenvalue weighted by atomic mass is 10.2. The van der Waals surface area contributed by atoms with Crippen molar-refractivity contribution in [3.05, 3.63) is 64.7 Å². The van der Waals surface area contributed by atoms with Crippen LogP contribution in [-0.2, 0) is 13.1 Å². The summed E-state index contributed by atoms with van der Waals surface area (Å²) in [6, 6.07) is 16.1. The molecule has 1 aromatic heterocycles. The summed E-state index contributed by atoms with van der Waals surface area (Å²) >= 11 is 1.70. The number of hydrogen-bond donors (Lipinski definition) is 2. The van der Waals surface area contributed by atoms with Crippen LogP contribution in [0.3, 0.4) is 0 Å². The molecule has 7 heteroatoms. The lowest BCUT2D eigenvalue weighted by Gasteiger charge is -2.13. The maximum Gasteiger partial charge on any atom is 0.191 e. The van der Waals surface area contributed by atoms with E-state index >= 15 is 0 Å². The Morgan fingerprint density at radius 3 is 2.41 bits per heavy atom. The number of benzene rings is 2. The Labute approximate surface area is 175 Å². The molecule has 0 saturated heterocycles. The molecule has 0 spiro atoms. The number of nitrogens with one attached hydrogen (secondary N) is 2. The Kier molecular flexibility index (Phi) is 7.08. The van der Waals surface area contributed by atoms with Crippen molar-refractivity contribution < 1.29 is 9.47 Å². The van der Waals surface area contributed by atoms with Crippen LogP contribution in [0, 0.1) is 6.92 Å². The van der Waals surface area contributed by atoms with Crippen molar-refractivity contribution in [2.24, 2.45) is 4.99 Å². The van der Waals surface area contributed by atoms with Gasteiger partial charge in [0.15, 0.2) is 17.5 Å². The molecule has 0 unspecified atom stereocenters. The molecule has 3 rings (SSSR count). The molecular weight excluding hydrogens is 384 g/mol. The zero-order chi connectivity index (χ0) is 20.6. The van der Waals surface area contributed by atoms with Gasteiger partial charge in [-0.15, -0.1) is 11.3 Å². The van der Waals surface area contributed by atoms with Gasteiger partial charge in [-0.1, -0.05) is 36.4 Å². The number of aromatic nitrogens is 1. The molecule has 0 saturated carbocycles. The van der Waals surface area contributed by atoms with Gasteiger partial charge in [0.25, 0.3) is 0 Å². The minimum absolute atomic E-state index is 0.622. The molecule has 0 atom stereocenters. The van der Waals surface area contributed by atoms with Gasteiger partial charge >= 0.3 is 0 Å². The predicted molar refractivity (Wildman–Crippen MR) is 119 cm³/mol.